The summed E-state index contributed by atoms with van der Waals surface area (Å²) in [5, 5.41) is 3.07. The lowest BCUT2D eigenvalue weighted by Gasteiger charge is -2.19. The van der Waals surface area contributed by atoms with Crippen LogP contribution in [0.1, 0.15) is 12.7 Å². The fourth-order valence-electron chi connectivity index (χ4n) is 2.13. The smallest absolute Gasteiger partial charge is 0.162 e. The van der Waals surface area contributed by atoms with Gasteiger partial charge in [0.15, 0.2) is 11.5 Å². The van der Waals surface area contributed by atoms with Crippen LogP contribution < -0.4 is 14.8 Å². The topological polar surface area (TPSA) is 56.3 Å². The number of nitrogens with one attached hydrogen (secondary N) is 1. The Morgan fingerprint density at radius 2 is 1.90 bits per heavy atom. The zero-order valence-electron chi connectivity index (χ0n) is 11.6. The molecule has 1 aliphatic rings. The number of hydrogen-bond acceptors (Lipinski definition) is 5. The van der Waals surface area contributed by atoms with E-state index in [0.717, 1.165) is 40.8 Å². The summed E-state index contributed by atoms with van der Waals surface area (Å²) < 4.78 is 11.1. The fraction of sp³-hybridized carbons (Fsp3) is 0.333. The van der Waals surface area contributed by atoms with Crippen LogP contribution in [0.5, 0.6) is 11.5 Å². The first-order chi connectivity index (χ1) is 9.80. The first kappa shape index (κ1) is 12.7. The van der Waals surface area contributed by atoms with Gasteiger partial charge < -0.3 is 14.8 Å². The van der Waals surface area contributed by atoms with Crippen molar-refractivity contribution in [2.45, 2.75) is 13.3 Å². The van der Waals surface area contributed by atoms with Crippen LogP contribution in [0.3, 0.4) is 0 Å². The number of aryl methyl sites for hydroxylation is 1. The van der Waals surface area contributed by atoms with Crippen molar-refractivity contribution in [3.05, 3.63) is 30.1 Å². The number of hydrogen-bond donors (Lipinski definition) is 1. The summed E-state index contributed by atoms with van der Waals surface area (Å²) in [4.78, 5) is 8.98. The normalized spacial score (nSPS) is 13.1. The van der Waals surface area contributed by atoms with Gasteiger partial charge in [-0.3, -0.25) is 0 Å². The van der Waals surface area contributed by atoms with Gasteiger partial charge in [0.05, 0.1) is 5.69 Å². The Kier molecular flexibility index (Phi) is 3.41. The average Bonchev–Trinajstić information content (AvgIpc) is 2.53. The summed E-state index contributed by atoms with van der Waals surface area (Å²) in [5.74, 6) is 3.21. The highest BCUT2D eigenvalue weighted by Crippen LogP contribution is 2.34. The quantitative estimate of drug-likeness (QED) is 0.929. The van der Waals surface area contributed by atoms with Crippen molar-refractivity contribution in [2.24, 2.45) is 0 Å². The fourth-order valence-corrected chi connectivity index (χ4v) is 2.13. The Hall–Kier alpha value is -2.30. The maximum Gasteiger partial charge on any atom is 0.162 e. The molecule has 0 saturated heterocycles. The van der Waals surface area contributed by atoms with E-state index in [2.05, 4.69) is 15.3 Å². The van der Waals surface area contributed by atoms with Gasteiger partial charge in [0.2, 0.25) is 0 Å². The second kappa shape index (κ2) is 5.36. The van der Waals surface area contributed by atoms with E-state index in [1.54, 1.807) is 0 Å². The molecular weight excluding hydrogens is 254 g/mol. The Bertz CT molecular complexity index is 606. The van der Waals surface area contributed by atoms with Crippen molar-refractivity contribution in [1.82, 2.24) is 9.97 Å². The third-order valence-corrected chi connectivity index (χ3v) is 3.18. The molecule has 0 radical (unpaired) electrons. The number of aromatic nitrogens is 2. The van der Waals surface area contributed by atoms with Crippen LogP contribution >= 0.6 is 0 Å². The molecule has 1 aromatic heterocycles. The first-order valence-corrected chi connectivity index (χ1v) is 6.76. The molecule has 2 aromatic rings. The molecule has 5 heteroatoms. The Morgan fingerprint density at radius 3 is 2.65 bits per heavy atom. The van der Waals surface area contributed by atoms with Crippen molar-refractivity contribution in [3.63, 3.8) is 0 Å². The monoisotopic (exact) mass is 271 g/mol. The minimum Gasteiger partial charge on any atom is -0.486 e. The van der Waals surface area contributed by atoms with E-state index in [9.17, 15) is 0 Å². The van der Waals surface area contributed by atoms with Crippen molar-refractivity contribution >= 4 is 5.82 Å². The van der Waals surface area contributed by atoms with E-state index in [1.165, 1.54) is 0 Å². The molecule has 0 atom stereocenters. The molecular formula is C15H17N3O2. The highest BCUT2D eigenvalue weighted by Gasteiger charge is 2.13. The maximum atomic E-state index is 5.61. The van der Waals surface area contributed by atoms with E-state index >= 15 is 0 Å². The highest BCUT2D eigenvalue weighted by molar-refractivity contribution is 5.66. The molecule has 0 saturated carbocycles. The van der Waals surface area contributed by atoms with E-state index in [1.807, 2.05) is 38.2 Å². The van der Waals surface area contributed by atoms with Gasteiger partial charge in [0.1, 0.15) is 24.9 Å². The van der Waals surface area contributed by atoms with E-state index < -0.39 is 0 Å². The average molecular weight is 271 g/mol. The molecule has 104 valence electrons. The molecule has 0 aliphatic carbocycles. The molecule has 1 aliphatic heterocycles. The lowest BCUT2D eigenvalue weighted by Crippen LogP contribution is -2.15. The SMILES string of the molecule is CCc1nc(NC)cc(-c2ccc3c(c2)OCCO3)n1. The molecule has 0 unspecified atom stereocenters. The van der Waals surface area contributed by atoms with E-state index in [0.29, 0.717) is 13.2 Å². The summed E-state index contributed by atoms with van der Waals surface area (Å²) >= 11 is 0. The minimum atomic E-state index is 0.586. The van der Waals surface area contributed by atoms with Crippen LogP contribution in [0, 0.1) is 0 Å². The lowest BCUT2D eigenvalue weighted by atomic mass is 10.1. The number of ether oxygens (including phenoxy) is 2. The van der Waals surface area contributed by atoms with E-state index in [-0.39, 0.29) is 0 Å². The Morgan fingerprint density at radius 1 is 1.10 bits per heavy atom. The van der Waals surface area contributed by atoms with Crippen molar-refractivity contribution in [2.75, 3.05) is 25.6 Å². The molecule has 1 aromatic carbocycles. The van der Waals surface area contributed by atoms with Crippen molar-refractivity contribution in [1.29, 1.82) is 0 Å². The molecule has 0 fully saturated rings. The maximum absolute atomic E-state index is 5.61. The largest absolute Gasteiger partial charge is 0.486 e. The molecule has 2 heterocycles. The van der Waals surface area contributed by atoms with Gasteiger partial charge in [0.25, 0.3) is 0 Å². The zero-order chi connectivity index (χ0) is 13.9. The molecule has 0 bridgehead atoms. The second-order valence-electron chi connectivity index (χ2n) is 4.52. The molecule has 5 nitrogen and oxygen atoms in total. The van der Waals surface area contributed by atoms with Gasteiger partial charge in [-0.05, 0) is 18.2 Å². The van der Waals surface area contributed by atoms with Gasteiger partial charge in [-0.15, -0.1) is 0 Å². The summed E-state index contributed by atoms with van der Waals surface area (Å²) in [6.45, 7) is 3.23. The van der Waals surface area contributed by atoms with Crippen molar-refractivity contribution < 1.29 is 9.47 Å². The van der Waals surface area contributed by atoms with Crippen LogP contribution in [0.15, 0.2) is 24.3 Å². The summed E-state index contributed by atoms with van der Waals surface area (Å²) in [6, 6.07) is 7.83. The lowest BCUT2D eigenvalue weighted by molar-refractivity contribution is 0.171. The number of nitrogens with zero attached hydrogens (tertiary/aromatic N) is 2. The molecule has 1 N–H and O–H groups in total. The number of rotatable bonds is 3. The van der Waals surface area contributed by atoms with Gasteiger partial charge in [-0.25, -0.2) is 9.97 Å². The summed E-state index contributed by atoms with van der Waals surface area (Å²) in [6.07, 6.45) is 0.799. The minimum absolute atomic E-state index is 0.586. The van der Waals surface area contributed by atoms with Gasteiger partial charge in [-0.2, -0.15) is 0 Å². The second-order valence-corrected chi connectivity index (χ2v) is 4.52. The molecule has 20 heavy (non-hydrogen) atoms. The standard InChI is InChI=1S/C15H17N3O2/c1-3-14-17-11(9-15(16-2)18-14)10-4-5-12-13(8-10)20-7-6-19-12/h4-5,8-9H,3,6-7H2,1-2H3,(H,16,17,18). The van der Waals surface area contributed by atoms with Crippen molar-refractivity contribution in [3.8, 4) is 22.8 Å². The Balaban J connectivity index is 2.03. The van der Waals surface area contributed by atoms with Crippen LogP contribution in [0.25, 0.3) is 11.3 Å². The predicted molar refractivity (Wildman–Crippen MR) is 77.4 cm³/mol. The van der Waals surface area contributed by atoms with Crippen LogP contribution in [0.4, 0.5) is 5.82 Å². The van der Waals surface area contributed by atoms with E-state index in [4.69, 9.17) is 9.47 Å². The predicted octanol–water partition coefficient (Wildman–Crippen LogP) is 2.52. The summed E-state index contributed by atoms with van der Waals surface area (Å²) in [7, 11) is 1.86. The third kappa shape index (κ3) is 2.39. The third-order valence-electron chi connectivity index (χ3n) is 3.18. The van der Waals surface area contributed by atoms with Crippen LogP contribution in [0.2, 0.25) is 0 Å². The van der Waals surface area contributed by atoms with Gasteiger partial charge in [-0.1, -0.05) is 6.92 Å². The molecule has 0 amide bonds. The Labute approximate surface area is 118 Å². The van der Waals surface area contributed by atoms with Crippen LogP contribution in [-0.2, 0) is 6.42 Å². The molecule has 3 rings (SSSR count). The number of anilines is 1. The number of fused-ring (bicyclic) bond motifs is 1. The number of benzene rings is 1. The van der Waals surface area contributed by atoms with Crippen LogP contribution in [-0.4, -0.2) is 30.2 Å². The molecule has 0 spiro atoms. The zero-order valence-corrected chi connectivity index (χ0v) is 11.6. The first-order valence-electron chi connectivity index (χ1n) is 6.76. The van der Waals surface area contributed by atoms with Gasteiger partial charge in [0, 0.05) is 25.1 Å². The van der Waals surface area contributed by atoms with Gasteiger partial charge >= 0.3 is 0 Å². The summed E-state index contributed by atoms with van der Waals surface area (Å²) in [5.41, 5.74) is 1.89. The highest BCUT2D eigenvalue weighted by atomic mass is 16.6.